The van der Waals surface area contributed by atoms with Crippen molar-refractivity contribution in [3.8, 4) is 0 Å². The second kappa shape index (κ2) is 40.4. The number of ether oxygens (including phenoxy) is 9. The van der Waals surface area contributed by atoms with E-state index in [9.17, 15) is 38.4 Å². The molecular weight excluding hydrogens is 1210 g/mol. The van der Waals surface area contributed by atoms with Gasteiger partial charge in [0, 0.05) is 61.8 Å². The molecule has 0 aromatic carbocycles. The van der Waals surface area contributed by atoms with Gasteiger partial charge in [0.1, 0.15) is 52.0 Å². The van der Waals surface area contributed by atoms with Crippen LogP contribution in [0.3, 0.4) is 0 Å². The first-order valence-electron chi connectivity index (χ1n) is 32.7. The number of alkyl carbamates (subject to hydrolysis) is 3. The molecule has 2 aliphatic carbocycles. The number of hydrogen-bond donors (Lipinski definition) is 3. The first-order valence-corrected chi connectivity index (χ1v) is 41.8. The number of amides is 3. The maximum atomic E-state index is 13.6. The third-order valence-electron chi connectivity index (χ3n) is 15.9. The average Bonchev–Trinajstić information content (AvgIpc) is 0.890. The highest BCUT2D eigenvalue weighted by Gasteiger charge is 2.46. The highest BCUT2D eigenvalue weighted by Crippen LogP contribution is 2.50. The summed E-state index contributed by atoms with van der Waals surface area (Å²) in [6.07, 6.45) is 11.8. The van der Waals surface area contributed by atoms with E-state index in [4.69, 9.17) is 50.9 Å². The molecule has 2 rings (SSSR count). The van der Waals surface area contributed by atoms with Gasteiger partial charge in [0.2, 0.25) is 0 Å². The molecule has 0 aromatic rings. The van der Waals surface area contributed by atoms with Crippen molar-refractivity contribution in [2.45, 2.75) is 228 Å². The van der Waals surface area contributed by atoms with E-state index in [-0.39, 0.29) is 111 Å². The summed E-state index contributed by atoms with van der Waals surface area (Å²) < 4.78 is 61.4. The fourth-order valence-corrected chi connectivity index (χ4v) is 27.0. The molecule has 0 spiro atoms. The molecule has 22 nitrogen and oxygen atoms in total. The number of carbonyl (C=O) groups excluding carboxylic acids is 8. The molecule has 4 atom stereocenters. The van der Waals surface area contributed by atoms with Gasteiger partial charge in [-0.25, -0.2) is 24.0 Å². The van der Waals surface area contributed by atoms with Gasteiger partial charge in [-0.1, -0.05) is 80.4 Å². The zero-order valence-electron chi connectivity index (χ0n) is 57.7. The molecule has 25 heteroatoms. The minimum atomic E-state index is -2.41. The van der Waals surface area contributed by atoms with Crippen molar-refractivity contribution in [1.82, 2.24) is 16.0 Å². The number of esters is 4. The Bertz CT molecular complexity index is 2300. The van der Waals surface area contributed by atoms with Crippen molar-refractivity contribution in [2.24, 2.45) is 27.6 Å². The molecule has 4 unspecified atom stereocenters. The van der Waals surface area contributed by atoms with Crippen LogP contribution >= 0.6 is 0 Å². The third kappa shape index (κ3) is 37.7. The van der Waals surface area contributed by atoms with Crippen molar-refractivity contribution >= 4 is 73.1 Å². The number of rotatable bonds is 45. The Balaban J connectivity index is 1.55. The molecule has 518 valence electrons. The molecule has 0 bridgehead atoms. The normalized spacial score (nSPS) is 19.7. The fraction of sp³-hybridized carbons (Fsp3) is 0.815. The average molecular weight is 1330 g/mol. The van der Waals surface area contributed by atoms with Crippen molar-refractivity contribution in [2.75, 3.05) is 85.8 Å². The Morgan fingerprint density at radius 2 is 0.956 bits per heavy atom. The molecule has 2 aliphatic rings. The van der Waals surface area contributed by atoms with E-state index in [1.807, 2.05) is 6.92 Å². The van der Waals surface area contributed by atoms with Crippen LogP contribution < -0.4 is 16.0 Å². The summed E-state index contributed by atoms with van der Waals surface area (Å²) in [4.78, 5) is 97.9. The zero-order chi connectivity index (χ0) is 67.7. The lowest BCUT2D eigenvalue weighted by molar-refractivity contribution is -0.148. The Kier molecular flexibility index (Phi) is 36.6. The van der Waals surface area contributed by atoms with Crippen molar-refractivity contribution in [1.29, 1.82) is 0 Å². The monoisotopic (exact) mass is 1330 g/mol. The van der Waals surface area contributed by atoms with Crippen LogP contribution in [-0.4, -0.2) is 165 Å². The van der Waals surface area contributed by atoms with Crippen LogP contribution in [0.15, 0.2) is 24.3 Å². The molecule has 0 saturated heterocycles. The molecule has 3 N–H and O–H groups in total. The van der Waals surface area contributed by atoms with Crippen LogP contribution in [0, 0.1) is 27.6 Å². The Labute approximate surface area is 542 Å². The maximum absolute atomic E-state index is 13.6. The molecule has 90 heavy (non-hydrogen) atoms. The standard InChI is InChI=1S/C65H117N3O19Si3/c1-50(2)57(72)81-33-28-56(71)80-38-40-85-61(76)68-53-45-63(7,8)48-65(10,46-53)54(69)26-19-17-18-22-30-77-31-23-41-88(11,12)86-90(15,16)87-89(13,14)42-24-32-78-35-36-83-60(75)67-49-64(9)44-52(43-62(5,6)47-64)25-20-21-27-55(70)79-37-39-84-59(74)66-29-34-82-58(73)51(3)4/h52-53H,1,3,17-49H2,2,4-16H3,(H,66,74)(H,67,75)(H,68,76). The van der Waals surface area contributed by atoms with E-state index >= 15 is 0 Å². The number of hydrogen-bond acceptors (Lipinski definition) is 19. The predicted molar refractivity (Wildman–Crippen MR) is 352 cm³/mol. The van der Waals surface area contributed by atoms with E-state index < -0.39 is 66.8 Å². The highest BCUT2D eigenvalue weighted by atomic mass is 28.5. The largest absolute Gasteiger partial charge is 0.462 e. The summed E-state index contributed by atoms with van der Waals surface area (Å²) in [5, 5.41) is 8.39. The van der Waals surface area contributed by atoms with Gasteiger partial charge < -0.3 is 66.8 Å². The van der Waals surface area contributed by atoms with E-state index in [1.54, 1.807) is 0 Å². The van der Waals surface area contributed by atoms with Crippen molar-refractivity contribution in [3.63, 3.8) is 0 Å². The second-order valence-electron chi connectivity index (χ2n) is 28.7. The summed E-state index contributed by atoms with van der Waals surface area (Å²) in [5.41, 5.74) is -0.216. The molecular formula is C65H117N3O19Si3. The zero-order valence-corrected chi connectivity index (χ0v) is 60.7. The molecule has 0 heterocycles. The van der Waals surface area contributed by atoms with Crippen molar-refractivity contribution < 1.29 is 89.2 Å². The van der Waals surface area contributed by atoms with Crippen LogP contribution in [-0.2, 0) is 74.8 Å². The minimum absolute atomic E-state index is 0.0110. The van der Waals surface area contributed by atoms with Gasteiger partial charge in [-0.05, 0) is 158 Å². The van der Waals surface area contributed by atoms with Crippen LogP contribution in [0.1, 0.15) is 171 Å². The van der Waals surface area contributed by atoms with Crippen LogP contribution in [0.5, 0.6) is 0 Å². The Hall–Kier alpha value is -4.67. The number of nitrogens with one attached hydrogen (secondary N) is 3. The quantitative estimate of drug-likeness (QED) is 0.0168. The third-order valence-corrected chi connectivity index (χ3v) is 27.3. The molecule has 3 amide bonds. The SMILES string of the molecule is C=C(C)C(=O)OCCNC(=O)OCCOC(=O)CCCCC1CC(C)(C)CC(C)(CNC(=O)OCCOCCC[Si](C)(C)O[Si](C)(C)O[Si](C)(C)CCCOCCCCCCC(=O)C2(C)CC(NC(=O)OCCOC(=O)CCOC(=O)C(=C)C)CC(C)(C)C2)C1. The second-order valence-corrected chi connectivity index (χ2v) is 41.1. The fourth-order valence-electron chi connectivity index (χ4n) is 13.0. The van der Waals surface area contributed by atoms with Gasteiger partial charge in [0.25, 0.3) is 0 Å². The lowest BCUT2D eigenvalue weighted by Gasteiger charge is -2.47. The first kappa shape index (κ1) is 81.4. The van der Waals surface area contributed by atoms with Crippen molar-refractivity contribution in [3.05, 3.63) is 24.3 Å². The maximum Gasteiger partial charge on any atom is 0.407 e. The Morgan fingerprint density at radius 3 is 1.56 bits per heavy atom. The number of ketones is 1. The number of unbranched alkanes of at least 4 members (excludes halogenated alkanes) is 4. The van der Waals surface area contributed by atoms with Gasteiger partial charge >= 0.3 is 50.7 Å². The summed E-state index contributed by atoms with van der Waals surface area (Å²) in [5.74, 6) is -1.36. The molecule has 0 aromatic heterocycles. The smallest absolute Gasteiger partial charge is 0.407 e. The van der Waals surface area contributed by atoms with Gasteiger partial charge in [0.15, 0.2) is 16.6 Å². The number of carbonyl (C=O) groups is 8. The van der Waals surface area contributed by atoms with Gasteiger partial charge in [0.05, 0.1) is 19.6 Å². The lowest BCUT2D eigenvalue weighted by atomic mass is 9.60. The molecule has 0 radical (unpaired) electrons. The van der Waals surface area contributed by atoms with E-state index in [0.717, 1.165) is 89.1 Å². The van der Waals surface area contributed by atoms with E-state index in [1.165, 1.54) is 13.8 Å². The van der Waals surface area contributed by atoms with Crippen LogP contribution in [0.2, 0.25) is 51.4 Å². The van der Waals surface area contributed by atoms with Gasteiger partial charge in [-0.2, -0.15) is 0 Å². The Morgan fingerprint density at radius 1 is 0.467 bits per heavy atom. The molecule has 2 saturated carbocycles. The van der Waals surface area contributed by atoms with E-state index in [0.29, 0.717) is 64.6 Å². The minimum Gasteiger partial charge on any atom is -0.462 e. The van der Waals surface area contributed by atoms with Crippen LogP contribution in [0.25, 0.3) is 0 Å². The highest BCUT2D eigenvalue weighted by molar-refractivity contribution is 6.87. The lowest BCUT2D eigenvalue weighted by Crippen LogP contribution is -2.52. The summed E-state index contributed by atoms with van der Waals surface area (Å²) in [6, 6.07) is 1.66. The van der Waals surface area contributed by atoms with Gasteiger partial charge in [-0.15, -0.1) is 0 Å². The van der Waals surface area contributed by atoms with Gasteiger partial charge in [-0.3, -0.25) is 14.4 Å². The topological polar surface area (TPSA) is 274 Å². The first-order chi connectivity index (χ1) is 41.9. The molecule has 2 fully saturated rings. The van der Waals surface area contributed by atoms with E-state index in [2.05, 4.69) is 103 Å². The number of Topliss-reactive ketones (excluding diaryl/α,β-unsaturated/α-hetero) is 1. The van der Waals surface area contributed by atoms with Crippen LogP contribution in [0.4, 0.5) is 14.4 Å². The predicted octanol–water partition coefficient (Wildman–Crippen LogP) is 12.3. The molecule has 0 aliphatic heterocycles. The summed E-state index contributed by atoms with van der Waals surface area (Å²) in [7, 11) is -6.49. The summed E-state index contributed by atoms with van der Waals surface area (Å²) >= 11 is 0. The summed E-state index contributed by atoms with van der Waals surface area (Å²) in [6.45, 7) is 38.8.